The molecular formula is C19H21BrN2O3S. The summed E-state index contributed by atoms with van der Waals surface area (Å²) >= 11 is 4.89. The summed E-state index contributed by atoms with van der Waals surface area (Å²) in [6.45, 7) is 2.45. The number of amides is 2. The van der Waals surface area contributed by atoms with Gasteiger partial charge in [0, 0.05) is 10.4 Å². The molecule has 2 aromatic rings. The highest BCUT2D eigenvalue weighted by Crippen LogP contribution is 2.37. The van der Waals surface area contributed by atoms with Crippen molar-refractivity contribution in [2.24, 2.45) is 5.73 Å². The van der Waals surface area contributed by atoms with Crippen molar-refractivity contribution in [3.05, 3.63) is 44.2 Å². The lowest BCUT2D eigenvalue weighted by Crippen LogP contribution is -2.18. The van der Waals surface area contributed by atoms with E-state index in [1.54, 1.807) is 18.2 Å². The van der Waals surface area contributed by atoms with Crippen molar-refractivity contribution in [3.8, 4) is 5.75 Å². The lowest BCUT2D eigenvalue weighted by molar-refractivity contribution is 0.100. The number of fused-ring (bicyclic) bond motifs is 1. The van der Waals surface area contributed by atoms with Crippen LogP contribution >= 0.6 is 27.3 Å². The number of anilines is 1. The van der Waals surface area contributed by atoms with Crippen molar-refractivity contribution in [2.75, 3.05) is 11.9 Å². The molecule has 0 fully saturated rings. The third-order valence-corrected chi connectivity index (χ3v) is 6.22. The van der Waals surface area contributed by atoms with E-state index in [-0.39, 0.29) is 5.91 Å². The molecule has 0 unspecified atom stereocenters. The van der Waals surface area contributed by atoms with Crippen LogP contribution in [0, 0.1) is 0 Å². The Bertz CT molecular complexity index is 848. The molecule has 3 rings (SSSR count). The van der Waals surface area contributed by atoms with Crippen LogP contribution in [-0.2, 0) is 12.8 Å². The van der Waals surface area contributed by atoms with E-state index in [0.717, 1.165) is 37.7 Å². The zero-order valence-corrected chi connectivity index (χ0v) is 17.0. The molecule has 3 N–H and O–H groups in total. The number of nitrogens with two attached hydrogens (primary N) is 1. The number of hydrogen-bond acceptors (Lipinski definition) is 4. The topological polar surface area (TPSA) is 81.4 Å². The zero-order chi connectivity index (χ0) is 18.7. The predicted octanol–water partition coefficient (Wildman–Crippen LogP) is 4.53. The van der Waals surface area contributed by atoms with Crippen molar-refractivity contribution in [2.45, 2.75) is 39.0 Å². The van der Waals surface area contributed by atoms with Gasteiger partial charge >= 0.3 is 0 Å². The number of halogens is 1. The quantitative estimate of drug-likeness (QED) is 0.675. The molecule has 1 aromatic carbocycles. The Balaban J connectivity index is 1.88. The standard InChI is InChI=1S/C19H21BrN2O3S/c1-2-25-14-9-8-11(10-13(14)20)18(24)22-19-16(17(21)23)12-6-4-3-5-7-15(12)26-19/h8-10H,2-7H2,1H3,(H2,21,23)(H,22,24). The van der Waals surface area contributed by atoms with Gasteiger partial charge in [-0.15, -0.1) is 11.3 Å². The number of nitrogens with one attached hydrogen (secondary N) is 1. The van der Waals surface area contributed by atoms with Crippen LogP contribution in [0.25, 0.3) is 0 Å². The van der Waals surface area contributed by atoms with E-state index in [9.17, 15) is 9.59 Å². The van der Waals surface area contributed by atoms with Gasteiger partial charge in [0.1, 0.15) is 10.8 Å². The minimum atomic E-state index is -0.479. The summed E-state index contributed by atoms with van der Waals surface area (Å²) in [5.74, 6) is -0.0649. The molecule has 0 saturated heterocycles. The van der Waals surface area contributed by atoms with Crippen LogP contribution in [0.1, 0.15) is 57.3 Å². The Kier molecular flexibility index (Phi) is 5.98. The van der Waals surface area contributed by atoms with E-state index < -0.39 is 5.91 Å². The van der Waals surface area contributed by atoms with E-state index in [2.05, 4.69) is 21.2 Å². The maximum absolute atomic E-state index is 12.7. The second-order valence-corrected chi connectivity index (χ2v) is 8.12. The van der Waals surface area contributed by atoms with E-state index in [1.165, 1.54) is 16.2 Å². The number of rotatable bonds is 5. The van der Waals surface area contributed by atoms with Gasteiger partial charge in [-0.05, 0) is 72.3 Å². The molecule has 0 aliphatic heterocycles. The fourth-order valence-electron chi connectivity index (χ4n) is 3.18. The summed E-state index contributed by atoms with van der Waals surface area (Å²) < 4.78 is 6.18. The first kappa shape index (κ1) is 18.9. The third kappa shape index (κ3) is 3.94. The average Bonchev–Trinajstić information content (AvgIpc) is 2.78. The Morgan fingerprint density at radius 1 is 1.27 bits per heavy atom. The monoisotopic (exact) mass is 436 g/mol. The Morgan fingerprint density at radius 3 is 2.73 bits per heavy atom. The van der Waals surface area contributed by atoms with Gasteiger partial charge in [-0.3, -0.25) is 9.59 Å². The molecule has 1 aliphatic carbocycles. The van der Waals surface area contributed by atoms with Gasteiger partial charge in [0.15, 0.2) is 0 Å². The molecule has 7 heteroatoms. The van der Waals surface area contributed by atoms with Crippen LogP contribution in [0.2, 0.25) is 0 Å². The summed E-state index contributed by atoms with van der Waals surface area (Å²) in [6, 6.07) is 5.16. The van der Waals surface area contributed by atoms with Gasteiger partial charge in [-0.25, -0.2) is 0 Å². The largest absolute Gasteiger partial charge is 0.493 e. The first-order valence-corrected chi connectivity index (χ1v) is 10.3. The molecule has 1 aromatic heterocycles. The number of carbonyl (C=O) groups excluding carboxylic acids is 2. The molecule has 0 radical (unpaired) electrons. The second-order valence-electron chi connectivity index (χ2n) is 6.17. The average molecular weight is 437 g/mol. The van der Waals surface area contributed by atoms with Gasteiger partial charge in [0.05, 0.1) is 16.6 Å². The third-order valence-electron chi connectivity index (χ3n) is 4.39. The normalized spacial score (nSPS) is 13.6. The van der Waals surface area contributed by atoms with Crippen LogP contribution in [-0.4, -0.2) is 18.4 Å². The molecule has 26 heavy (non-hydrogen) atoms. The highest BCUT2D eigenvalue weighted by Gasteiger charge is 2.24. The first-order chi connectivity index (χ1) is 12.5. The zero-order valence-electron chi connectivity index (χ0n) is 14.6. The van der Waals surface area contributed by atoms with Gasteiger partial charge < -0.3 is 15.8 Å². The number of ether oxygens (including phenoxy) is 1. The number of benzene rings is 1. The fourth-order valence-corrected chi connectivity index (χ4v) is 4.96. The number of thiophene rings is 1. The highest BCUT2D eigenvalue weighted by atomic mass is 79.9. The summed E-state index contributed by atoms with van der Waals surface area (Å²) in [4.78, 5) is 25.8. The summed E-state index contributed by atoms with van der Waals surface area (Å²) in [5.41, 5.74) is 7.60. The van der Waals surface area contributed by atoms with Crippen LogP contribution in [0.5, 0.6) is 5.75 Å². The number of primary amides is 1. The molecule has 138 valence electrons. The Labute approximate surface area is 165 Å². The number of carbonyl (C=O) groups is 2. The van der Waals surface area contributed by atoms with E-state index in [1.807, 2.05) is 6.92 Å². The lowest BCUT2D eigenvalue weighted by Gasteiger charge is -2.09. The Morgan fingerprint density at radius 2 is 2.04 bits per heavy atom. The first-order valence-electron chi connectivity index (χ1n) is 8.69. The van der Waals surface area contributed by atoms with E-state index >= 15 is 0 Å². The van der Waals surface area contributed by atoms with Crippen molar-refractivity contribution in [1.82, 2.24) is 0 Å². The molecule has 1 heterocycles. The second kappa shape index (κ2) is 8.22. The van der Waals surface area contributed by atoms with Crippen molar-refractivity contribution in [1.29, 1.82) is 0 Å². The van der Waals surface area contributed by atoms with Gasteiger partial charge in [0.25, 0.3) is 11.8 Å². The number of aryl methyl sites for hydroxylation is 1. The van der Waals surface area contributed by atoms with Gasteiger partial charge in [-0.1, -0.05) is 6.42 Å². The molecule has 2 amide bonds. The predicted molar refractivity (Wildman–Crippen MR) is 107 cm³/mol. The molecular weight excluding hydrogens is 416 g/mol. The Hall–Kier alpha value is -1.86. The van der Waals surface area contributed by atoms with Crippen LogP contribution in [0.15, 0.2) is 22.7 Å². The summed E-state index contributed by atoms with van der Waals surface area (Å²) in [6.07, 6.45) is 5.08. The molecule has 1 aliphatic rings. The van der Waals surface area contributed by atoms with Crippen molar-refractivity contribution in [3.63, 3.8) is 0 Å². The van der Waals surface area contributed by atoms with Gasteiger partial charge in [0.2, 0.25) is 0 Å². The minimum absolute atomic E-state index is 0.271. The fraction of sp³-hybridized carbons (Fsp3) is 0.368. The van der Waals surface area contributed by atoms with E-state index in [0.29, 0.717) is 33.0 Å². The van der Waals surface area contributed by atoms with Crippen LogP contribution in [0.4, 0.5) is 5.00 Å². The molecule has 5 nitrogen and oxygen atoms in total. The highest BCUT2D eigenvalue weighted by molar-refractivity contribution is 9.10. The van der Waals surface area contributed by atoms with Gasteiger partial charge in [-0.2, -0.15) is 0 Å². The maximum Gasteiger partial charge on any atom is 0.256 e. The van der Waals surface area contributed by atoms with Crippen molar-refractivity contribution >= 4 is 44.1 Å². The lowest BCUT2D eigenvalue weighted by atomic mass is 10.1. The van der Waals surface area contributed by atoms with Crippen LogP contribution < -0.4 is 15.8 Å². The van der Waals surface area contributed by atoms with Crippen LogP contribution in [0.3, 0.4) is 0 Å². The molecule has 0 bridgehead atoms. The van der Waals surface area contributed by atoms with Crippen molar-refractivity contribution < 1.29 is 14.3 Å². The molecule has 0 saturated carbocycles. The maximum atomic E-state index is 12.7. The minimum Gasteiger partial charge on any atom is -0.493 e. The number of hydrogen-bond donors (Lipinski definition) is 2. The summed E-state index contributed by atoms with van der Waals surface area (Å²) in [7, 11) is 0. The molecule has 0 spiro atoms. The smallest absolute Gasteiger partial charge is 0.256 e. The summed E-state index contributed by atoms with van der Waals surface area (Å²) in [5, 5.41) is 3.44. The SMILES string of the molecule is CCOc1ccc(C(=O)Nc2sc3c(c2C(N)=O)CCCCC3)cc1Br. The molecule has 0 atom stereocenters. The van der Waals surface area contributed by atoms with E-state index in [4.69, 9.17) is 10.5 Å².